The van der Waals surface area contributed by atoms with Crippen molar-refractivity contribution in [2.45, 2.75) is 37.7 Å². The number of likely N-dealkylation sites (N-methyl/N-ethyl adjacent to an activating group) is 1. The minimum atomic E-state index is -0.764. The predicted molar refractivity (Wildman–Crippen MR) is 102 cm³/mol. The van der Waals surface area contributed by atoms with Crippen LogP contribution in [0, 0.1) is 0 Å². The maximum atomic E-state index is 13.0. The van der Waals surface area contributed by atoms with Crippen LogP contribution in [0.3, 0.4) is 0 Å². The summed E-state index contributed by atoms with van der Waals surface area (Å²) in [6, 6.07) is 6.20. The van der Waals surface area contributed by atoms with E-state index in [0.29, 0.717) is 26.1 Å². The fraction of sp³-hybridized carbons (Fsp3) is 0.667. The maximum absolute atomic E-state index is 13.0. The van der Waals surface area contributed by atoms with E-state index in [0.717, 1.165) is 44.6 Å². The molecule has 0 saturated carbocycles. The van der Waals surface area contributed by atoms with Crippen molar-refractivity contribution in [2.24, 2.45) is 0 Å². The molecule has 1 aromatic carbocycles. The van der Waals surface area contributed by atoms with E-state index < -0.39 is 5.60 Å². The second-order valence-electron chi connectivity index (χ2n) is 8.47. The fourth-order valence-electron chi connectivity index (χ4n) is 4.63. The Morgan fingerprint density at radius 1 is 1.08 bits per heavy atom. The normalized spacial score (nSPS) is 27.5. The van der Waals surface area contributed by atoms with Crippen LogP contribution in [0.15, 0.2) is 18.2 Å². The van der Waals surface area contributed by atoms with E-state index >= 15 is 0 Å². The topological polar surface area (TPSA) is 47.0 Å². The number of aliphatic hydroxyl groups is 1. The Kier molecular flexibility index (Phi) is 5.04. The minimum Gasteiger partial charge on any atom is -0.387 e. The van der Waals surface area contributed by atoms with Crippen molar-refractivity contribution in [1.82, 2.24) is 14.7 Å². The fourth-order valence-corrected chi connectivity index (χ4v) is 4.63. The number of likely N-dealkylation sites (tertiary alicyclic amines) is 1. The first-order valence-corrected chi connectivity index (χ1v) is 10.1. The quantitative estimate of drug-likeness (QED) is 0.888. The molecule has 3 aliphatic rings. The van der Waals surface area contributed by atoms with Gasteiger partial charge in [-0.2, -0.15) is 0 Å². The van der Waals surface area contributed by atoms with E-state index in [4.69, 9.17) is 0 Å². The first-order chi connectivity index (χ1) is 12.5. The molecular weight excluding hydrogens is 326 g/mol. The van der Waals surface area contributed by atoms with Crippen molar-refractivity contribution in [3.05, 3.63) is 34.9 Å². The number of β-amino-alcohol motifs (C(OH)–C–C–N with tert-alkyl or cyclic N) is 1. The van der Waals surface area contributed by atoms with Gasteiger partial charge in [0.15, 0.2) is 0 Å². The van der Waals surface area contributed by atoms with Gasteiger partial charge in [0.05, 0.1) is 12.1 Å². The summed E-state index contributed by atoms with van der Waals surface area (Å²) in [5.74, 6) is 0.0766. The maximum Gasteiger partial charge on any atom is 0.253 e. The summed E-state index contributed by atoms with van der Waals surface area (Å²) in [7, 11) is 2.14. The van der Waals surface area contributed by atoms with Crippen LogP contribution in [-0.4, -0.2) is 84.2 Å². The Hall–Kier alpha value is -1.43. The standard InChI is InChI=1S/C21H31N3O2/c1-22-10-12-23(13-11-22)15-21(26)8-9-24(16-21)20(25)19-7-6-17-4-2-3-5-18(17)14-19/h6-7,14,26H,2-5,8-13,15-16H2,1H3/t21-/m1/s1. The number of rotatable bonds is 3. The molecule has 1 N–H and O–H groups in total. The molecule has 0 aromatic heterocycles. The highest BCUT2D eigenvalue weighted by atomic mass is 16.3. The molecule has 4 rings (SSSR count). The van der Waals surface area contributed by atoms with Gasteiger partial charge in [-0.1, -0.05) is 6.07 Å². The first-order valence-electron chi connectivity index (χ1n) is 10.1. The molecule has 5 nitrogen and oxygen atoms in total. The van der Waals surface area contributed by atoms with Crippen molar-refractivity contribution < 1.29 is 9.90 Å². The highest BCUT2D eigenvalue weighted by Gasteiger charge is 2.40. The summed E-state index contributed by atoms with van der Waals surface area (Å²) in [5.41, 5.74) is 2.77. The van der Waals surface area contributed by atoms with Gasteiger partial charge in [-0.25, -0.2) is 0 Å². The summed E-state index contributed by atoms with van der Waals surface area (Å²) < 4.78 is 0. The molecule has 5 heteroatoms. The molecular formula is C21H31N3O2. The Morgan fingerprint density at radius 3 is 2.58 bits per heavy atom. The van der Waals surface area contributed by atoms with Crippen LogP contribution in [0.5, 0.6) is 0 Å². The average molecular weight is 357 g/mol. The highest BCUT2D eigenvalue weighted by Crippen LogP contribution is 2.27. The molecule has 1 amide bonds. The number of fused-ring (bicyclic) bond motifs is 1. The zero-order chi connectivity index (χ0) is 18.1. The molecule has 26 heavy (non-hydrogen) atoms. The molecule has 0 spiro atoms. The third-order valence-corrected chi connectivity index (χ3v) is 6.33. The summed E-state index contributed by atoms with van der Waals surface area (Å²) in [6.07, 6.45) is 5.38. The lowest BCUT2D eigenvalue weighted by Gasteiger charge is -2.36. The number of hydrogen-bond acceptors (Lipinski definition) is 4. The third kappa shape index (κ3) is 3.80. The Morgan fingerprint density at radius 2 is 1.81 bits per heavy atom. The molecule has 2 heterocycles. The molecule has 0 radical (unpaired) electrons. The summed E-state index contributed by atoms with van der Waals surface area (Å²) in [4.78, 5) is 19.5. The second-order valence-corrected chi connectivity index (χ2v) is 8.47. The number of benzene rings is 1. The molecule has 2 saturated heterocycles. The number of amides is 1. The van der Waals surface area contributed by atoms with Crippen LogP contribution in [0.2, 0.25) is 0 Å². The Balaban J connectivity index is 1.39. The SMILES string of the molecule is CN1CCN(C[C@]2(O)CCN(C(=O)c3ccc4c(c3)CCCC4)C2)CC1. The lowest BCUT2D eigenvalue weighted by molar-refractivity contribution is 0.000525. The molecule has 0 bridgehead atoms. The van der Waals surface area contributed by atoms with Crippen molar-refractivity contribution in [3.8, 4) is 0 Å². The van der Waals surface area contributed by atoms with Crippen molar-refractivity contribution in [2.75, 3.05) is 52.9 Å². The van der Waals surface area contributed by atoms with Crippen molar-refractivity contribution in [3.63, 3.8) is 0 Å². The van der Waals surface area contributed by atoms with Gasteiger partial charge in [-0.15, -0.1) is 0 Å². The van der Waals surface area contributed by atoms with Crippen LogP contribution in [0.4, 0.5) is 0 Å². The smallest absolute Gasteiger partial charge is 0.253 e. The van der Waals surface area contributed by atoms with E-state index in [1.54, 1.807) is 0 Å². The van der Waals surface area contributed by atoms with Crippen LogP contribution in [-0.2, 0) is 12.8 Å². The average Bonchev–Trinajstić information content (AvgIpc) is 3.04. The molecule has 2 fully saturated rings. The zero-order valence-electron chi connectivity index (χ0n) is 15.9. The number of hydrogen-bond donors (Lipinski definition) is 1. The van der Waals surface area contributed by atoms with E-state index in [1.807, 2.05) is 11.0 Å². The van der Waals surface area contributed by atoms with Gasteiger partial charge in [0.25, 0.3) is 5.91 Å². The number of nitrogens with zero attached hydrogens (tertiary/aromatic N) is 3. The molecule has 0 unspecified atom stereocenters. The Bertz CT molecular complexity index is 669. The van der Waals surface area contributed by atoms with E-state index in [-0.39, 0.29) is 5.91 Å². The summed E-state index contributed by atoms with van der Waals surface area (Å²) >= 11 is 0. The number of carbonyl (C=O) groups is 1. The molecule has 1 aromatic rings. The third-order valence-electron chi connectivity index (χ3n) is 6.33. The number of carbonyl (C=O) groups excluding carboxylic acids is 1. The molecule has 142 valence electrons. The highest BCUT2D eigenvalue weighted by molar-refractivity contribution is 5.94. The van der Waals surface area contributed by atoms with Crippen molar-refractivity contribution >= 4 is 5.91 Å². The van der Waals surface area contributed by atoms with E-state index in [2.05, 4.69) is 29.0 Å². The van der Waals surface area contributed by atoms with Gasteiger partial charge in [-0.3, -0.25) is 9.69 Å². The minimum absolute atomic E-state index is 0.0766. The lowest BCUT2D eigenvalue weighted by atomic mass is 9.90. The number of aryl methyl sites for hydroxylation is 2. The second kappa shape index (κ2) is 7.29. The predicted octanol–water partition coefficient (Wildman–Crippen LogP) is 1.39. The Labute approximate surface area is 156 Å². The summed E-state index contributed by atoms with van der Waals surface area (Å²) in [6.45, 7) is 5.88. The van der Waals surface area contributed by atoms with Gasteiger partial charge in [0.2, 0.25) is 0 Å². The number of piperazine rings is 1. The van der Waals surface area contributed by atoms with Crippen LogP contribution < -0.4 is 0 Å². The van der Waals surface area contributed by atoms with Crippen LogP contribution >= 0.6 is 0 Å². The van der Waals surface area contributed by atoms with Crippen LogP contribution in [0.1, 0.15) is 40.7 Å². The van der Waals surface area contributed by atoms with Gasteiger partial charge < -0.3 is 14.9 Å². The van der Waals surface area contributed by atoms with Gasteiger partial charge in [-0.05, 0) is 62.4 Å². The summed E-state index contributed by atoms with van der Waals surface area (Å²) in [5, 5.41) is 11.0. The lowest BCUT2D eigenvalue weighted by Crippen LogP contribution is -2.52. The molecule has 2 aliphatic heterocycles. The largest absolute Gasteiger partial charge is 0.387 e. The molecule has 1 atom stereocenters. The van der Waals surface area contributed by atoms with Gasteiger partial charge in [0.1, 0.15) is 0 Å². The monoisotopic (exact) mass is 357 g/mol. The van der Waals surface area contributed by atoms with E-state index in [9.17, 15) is 9.90 Å². The van der Waals surface area contributed by atoms with Crippen molar-refractivity contribution in [1.29, 1.82) is 0 Å². The van der Waals surface area contributed by atoms with Gasteiger partial charge >= 0.3 is 0 Å². The van der Waals surface area contributed by atoms with Gasteiger partial charge in [0, 0.05) is 44.8 Å². The van der Waals surface area contributed by atoms with Crippen LogP contribution in [0.25, 0.3) is 0 Å². The zero-order valence-corrected chi connectivity index (χ0v) is 15.9. The van der Waals surface area contributed by atoms with E-state index in [1.165, 1.54) is 24.0 Å². The molecule has 1 aliphatic carbocycles. The first kappa shape index (κ1) is 18.0.